The third kappa shape index (κ3) is 3.49. The number of aryl methyl sites for hydroxylation is 1. The van der Waals surface area contributed by atoms with E-state index < -0.39 is 9.05 Å². The lowest BCUT2D eigenvalue weighted by Gasteiger charge is -2.13. The molecule has 0 bridgehead atoms. The molecule has 5 nitrogen and oxygen atoms in total. The number of hydrogen-bond donors (Lipinski definition) is 0. The van der Waals surface area contributed by atoms with E-state index in [1.54, 1.807) is 19.1 Å². The molecule has 0 aliphatic heterocycles. The van der Waals surface area contributed by atoms with E-state index in [0.717, 1.165) is 17.5 Å². The van der Waals surface area contributed by atoms with Crippen LogP contribution in [-0.4, -0.2) is 28.1 Å². The Morgan fingerprint density at radius 2 is 2.14 bits per heavy atom. The number of esters is 1. The fraction of sp³-hybridized carbons (Fsp3) is 0.500. The Bertz CT molecular complexity index is 654. The molecule has 2 rings (SSSR count). The van der Waals surface area contributed by atoms with Crippen LogP contribution in [0.1, 0.15) is 36.8 Å². The van der Waals surface area contributed by atoms with E-state index in [-0.39, 0.29) is 29.0 Å². The molecule has 0 N–H and O–H groups in total. The summed E-state index contributed by atoms with van der Waals surface area (Å²) in [5.74, 6) is -0.0112. The highest BCUT2D eigenvalue weighted by atomic mass is 35.7. The van der Waals surface area contributed by atoms with Crippen LogP contribution in [0, 0.1) is 0 Å². The second-order valence-corrected chi connectivity index (χ2v) is 7.42. The predicted octanol–water partition coefficient (Wildman–Crippen LogP) is 2.61. The van der Waals surface area contributed by atoms with E-state index in [1.807, 2.05) is 0 Å². The lowest BCUT2D eigenvalue weighted by atomic mass is 9.98. The van der Waals surface area contributed by atoms with Crippen molar-refractivity contribution in [2.75, 3.05) is 13.7 Å². The number of halogens is 1. The van der Waals surface area contributed by atoms with Crippen LogP contribution in [0.15, 0.2) is 17.0 Å². The minimum atomic E-state index is -3.86. The Labute approximate surface area is 128 Å². The molecule has 0 heterocycles. The van der Waals surface area contributed by atoms with Crippen molar-refractivity contribution in [2.24, 2.45) is 0 Å². The van der Waals surface area contributed by atoms with Gasteiger partial charge in [0.1, 0.15) is 10.6 Å². The van der Waals surface area contributed by atoms with E-state index in [0.29, 0.717) is 13.0 Å². The number of benzene rings is 1. The van der Waals surface area contributed by atoms with E-state index in [1.165, 1.54) is 7.11 Å². The first kappa shape index (κ1) is 16.1. The molecule has 0 amide bonds. The number of hydrogen-bond acceptors (Lipinski definition) is 5. The number of methoxy groups -OCH3 is 1. The van der Waals surface area contributed by atoms with Crippen LogP contribution in [0.25, 0.3) is 0 Å². The molecule has 0 spiro atoms. The second kappa shape index (κ2) is 6.23. The quantitative estimate of drug-likeness (QED) is 0.612. The van der Waals surface area contributed by atoms with Gasteiger partial charge < -0.3 is 9.47 Å². The molecule has 0 aromatic heterocycles. The standard InChI is InChI=1S/C14H17ClO5S/c1-3-20-14(16)7-10-5-4-9-6-13(21(15,17)18)12(19-2)8-11(9)10/h6,8,10H,3-5,7H2,1-2H3. The molecule has 0 fully saturated rings. The van der Waals surface area contributed by atoms with Gasteiger partial charge in [-0.2, -0.15) is 0 Å². The summed E-state index contributed by atoms with van der Waals surface area (Å²) in [5.41, 5.74) is 1.83. The van der Waals surface area contributed by atoms with Gasteiger partial charge in [0.15, 0.2) is 0 Å². The molecule has 7 heteroatoms. The Balaban J connectivity index is 2.35. The molecule has 1 aliphatic carbocycles. The summed E-state index contributed by atoms with van der Waals surface area (Å²) in [6.45, 7) is 2.12. The van der Waals surface area contributed by atoms with Gasteiger partial charge in [0.25, 0.3) is 9.05 Å². The third-order valence-corrected chi connectivity index (χ3v) is 4.95. The molecule has 1 unspecified atom stereocenters. The molecular weight excluding hydrogens is 316 g/mol. The number of carbonyl (C=O) groups is 1. The minimum absolute atomic E-state index is 0.0257. The summed E-state index contributed by atoms with van der Waals surface area (Å²) in [7, 11) is 2.95. The fourth-order valence-corrected chi connectivity index (χ4v) is 3.71. The zero-order valence-corrected chi connectivity index (χ0v) is 13.5. The molecule has 0 radical (unpaired) electrons. The summed E-state index contributed by atoms with van der Waals surface area (Å²) < 4.78 is 33.2. The van der Waals surface area contributed by atoms with E-state index in [2.05, 4.69) is 0 Å². The molecule has 0 saturated heterocycles. The van der Waals surface area contributed by atoms with Crippen molar-refractivity contribution in [1.82, 2.24) is 0 Å². The van der Waals surface area contributed by atoms with Gasteiger partial charge in [0.2, 0.25) is 0 Å². The maximum Gasteiger partial charge on any atom is 0.306 e. The molecular formula is C14H17ClO5S. The molecule has 0 saturated carbocycles. The number of carbonyl (C=O) groups excluding carboxylic acids is 1. The number of rotatable bonds is 5. The van der Waals surface area contributed by atoms with E-state index in [4.69, 9.17) is 20.2 Å². The monoisotopic (exact) mass is 332 g/mol. The van der Waals surface area contributed by atoms with Crippen LogP contribution in [0.3, 0.4) is 0 Å². The van der Waals surface area contributed by atoms with Crippen molar-refractivity contribution in [3.8, 4) is 5.75 Å². The highest BCUT2D eigenvalue weighted by molar-refractivity contribution is 8.13. The normalized spacial score (nSPS) is 17.4. The highest BCUT2D eigenvalue weighted by Crippen LogP contribution is 2.41. The van der Waals surface area contributed by atoms with Gasteiger partial charge in [0.05, 0.1) is 20.1 Å². The second-order valence-electron chi connectivity index (χ2n) is 4.88. The summed E-state index contributed by atoms with van der Waals surface area (Å²) in [4.78, 5) is 11.6. The van der Waals surface area contributed by atoms with E-state index >= 15 is 0 Å². The molecule has 116 valence electrons. The fourth-order valence-electron chi connectivity index (χ4n) is 2.68. The zero-order valence-electron chi connectivity index (χ0n) is 11.9. The first-order valence-electron chi connectivity index (χ1n) is 6.68. The maximum absolute atomic E-state index is 11.6. The van der Waals surface area contributed by atoms with Crippen LogP contribution in [0.5, 0.6) is 5.75 Å². The van der Waals surface area contributed by atoms with Crippen molar-refractivity contribution >= 4 is 25.7 Å². The Kier molecular flexibility index (Phi) is 4.78. The van der Waals surface area contributed by atoms with Crippen molar-refractivity contribution < 1.29 is 22.7 Å². The van der Waals surface area contributed by atoms with Crippen molar-refractivity contribution in [3.05, 3.63) is 23.3 Å². The first-order chi connectivity index (χ1) is 9.86. The molecule has 1 aromatic carbocycles. The Morgan fingerprint density at radius 1 is 1.43 bits per heavy atom. The van der Waals surface area contributed by atoms with Gasteiger partial charge in [0, 0.05) is 10.7 Å². The third-order valence-electron chi connectivity index (χ3n) is 3.61. The van der Waals surface area contributed by atoms with Crippen LogP contribution in [-0.2, 0) is 25.0 Å². The minimum Gasteiger partial charge on any atom is -0.495 e. The molecule has 1 aromatic rings. The van der Waals surface area contributed by atoms with Crippen LogP contribution < -0.4 is 4.74 Å². The summed E-state index contributed by atoms with van der Waals surface area (Å²) >= 11 is 0. The Hall–Kier alpha value is -1.27. The van der Waals surface area contributed by atoms with Crippen LogP contribution in [0.4, 0.5) is 0 Å². The topological polar surface area (TPSA) is 69.7 Å². The van der Waals surface area contributed by atoms with Crippen molar-refractivity contribution in [3.63, 3.8) is 0 Å². The maximum atomic E-state index is 11.6. The zero-order chi connectivity index (χ0) is 15.6. The predicted molar refractivity (Wildman–Crippen MR) is 78.3 cm³/mol. The van der Waals surface area contributed by atoms with E-state index in [9.17, 15) is 13.2 Å². The van der Waals surface area contributed by atoms with Gasteiger partial charge in [-0.3, -0.25) is 4.79 Å². The largest absolute Gasteiger partial charge is 0.495 e. The van der Waals surface area contributed by atoms with Gasteiger partial charge in [-0.1, -0.05) is 0 Å². The average molecular weight is 333 g/mol. The average Bonchev–Trinajstić information content (AvgIpc) is 2.79. The Morgan fingerprint density at radius 3 is 2.71 bits per heavy atom. The summed E-state index contributed by atoms with van der Waals surface area (Å²) in [5, 5.41) is 0. The van der Waals surface area contributed by atoms with Crippen molar-refractivity contribution in [1.29, 1.82) is 0 Å². The summed E-state index contributed by atoms with van der Waals surface area (Å²) in [6, 6.07) is 3.21. The summed E-state index contributed by atoms with van der Waals surface area (Å²) in [6.07, 6.45) is 1.78. The molecule has 21 heavy (non-hydrogen) atoms. The number of ether oxygens (including phenoxy) is 2. The molecule has 1 atom stereocenters. The lowest BCUT2D eigenvalue weighted by molar-refractivity contribution is -0.143. The molecule has 1 aliphatic rings. The van der Waals surface area contributed by atoms with Gasteiger partial charge in [-0.15, -0.1) is 0 Å². The van der Waals surface area contributed by atoms with Crippen LogP contribution >= 0.6 is 10.7 Å². The highest BCUT2D eigenvalue weighted by Gasteiger charge is 2.29. The smallest absolute Gasteiger partial charge is 0.306 e. The first-order valence-corrected chi connectivity index (χ1v) is 8.98. The van der Waals surface area contributed by atoms with Crippen LogP contribution in [0.2, 0.25) is 0 Å². The van der Waals surface area contributed by atoms with Crippen molar-refractivity contribution in [2.45, 2.75) is 37.0 Å². The van der Waals surface area contributed by atoms with Gasteiger partial charge in [-0.25, -0.2) is 8.42 Å². The number of fused-ring (bicyclic) bond motifs is 1. The van der Waals surface area contributed by atoms with Gasteiger partial charge >= 0.3 is 5.97 Å². The SMILES string of the molecule is CCOC(=O)CC1CCc2cc(S(=O)(=O)Cl)c(OC)cc21. The lowest BCUT2D eigenvalue weighted by Crippen LogP contribution is -2.09. The van der Waals surface area contributed by atoms with Gasteiger partial charge in [-0.05, 0) is 48.9 Å².